The number of benzene rings is 1. The first-order valence-corrected chi connectivity index (χ1v) is 5.29. The average Bonchev–Trinajstić information content (AvgIpc) is 2.57. The van der Waals surface area contributed by atoms with Gasteiger partial charge in [-0.15, -0.1) is 0 Å². The molecular formula is C12H15N3O2. The molecule has 0 atom stereocenters. The maximum Gasteiger partial charge on any atom is 0.241 e. The summed E-state index contributed by atoms with van der Waals surface area (Å²) in [6.45, 7) is 1.74. The predicted molar refractivity (Wildman–Crippen MR) is 64.8 cm³/mol. The largest absolute Gasteiger partial charge is 0.437 e. The second kappa shape index (κ2) is 4.47. The summed E-state index contributed by atoms with van der Waals surface area (Å²) in [5.74, 6) is 1.08. The van der Waals surface area contributed by atoms with Crippen LogP contribution in [0.15, 0.2) is 24.3 Å². The molecule has 17 heavy (non-hydrogen) atoms. The number of aliphatic hydroxyl groups is 1. The molecule has 3 N–H and O–H groups in total. The highest BCUT2D eigenvalue weighted by atomic mass is 16.5. The number of rotatable bonds is 3. The van der Waals surface area contributed by atoms with Gasteiger partial charge in [0, 0.05) is 12.6 Å². The number of aromatic nitrogens is 2. The minimum Gasteiger partial charge on any atom is -0.437 e. The summed E-state index contributed by atoms with van der Waals surface area (Å²) in [6.07, 6.45) is 0. The number of aliphatic hydroxyl groups excluding tert-OH is 1. The molecule has 90 valence electrons. The van der Waals surface area contributed by atoms with E-state index in [1.54, 1.807) is 23.9 Å². The highest BCUT2D eigenvalue weighted by Gasteiger charge is 2.13. The summed E-state index contributed by atoms with van der Waals surface area (Å²) in [6, 6.07) is 7.27. The fraction of sp³-hybridized carbons (Fsp3) is 0.250. The number of hydrogen-bond acceptors (Lipinski definition) is 4. The van der Waals surface area contributed by atoms with Gasteiger partial charge in [-0.2, -0.15) is 5.10 Å². The lowest BCUT2D eigenvalue weighted by atomic mass is 10.2. The standard InChI is InChI=1S/C12H15N3O2/c1-8-11(13)12(15(2)14-8)17-10-6-4-3-5-9(10)7-16/h3-6,16H,7,13H2,1-2H3. The second-order valence-corrected chi connectivity index (χ2v) is 3.80. The maximum atomic E-state index is 9.21. The van der Waals surface area contributed by atoms with E-state index < -0.39 is 0 Å². The number of nitrogens with two attached hydrogens (primary N) is 1. The molecule has 2 rings (SSSR count). The number of aryl methyl sites for hydroxylation is 2. The molecule has 0 saturated heterocycles. The lowest BCUT2D eigenvalue weighted by Crippen LogP contribution is -1.99. The van der Waals surface area contributed by atoms with Crippen molar-refractivity contribution in [2.75, 3.05) is 5.73 Å². The van der Waals surface area contributed by atoms with Gasteiger partial charge in [-0.25, -0.2) is 4.68 Å². The Kier molecular flexibility index (Phi) is 3.01. The zero-order valence-electron chi connectivity index (χ0n) is 9.84. The van der Waals surface area contributed by atoms with Crippen LogP contribution < -0.4 is 10.5 Å². The highest BCUT2D eigenvalue weighted by molar-refractivity contribution is 5.54. The van der Waals surface area contributed by atoms with Gasteiger partial charge in [0.25, 0.3) is 0 Å². The van der Waals surface area contributed by atoms with Gasteiger partial charge in [-0.3, -0.25) is 0 Å². The Hall–Kier alpha value is -2.01. The van der Waals surface area contributed by atoms with Crippen molar-refractivity contribution in [1.29, 1.82) is 0 Å². The topological polar surface area (TPSA) is 73.3 Å². The zero-order chi connectivity index (χ0) is 12.4. The monoisotopic (exact) mass is 233 g/mol. The van der Waals surface area contributed by atoms with Gasteiger partial charge >= 0.3 is 0 Å². The molecule has 0 aliphatic carbocycles. The predicted octanol–water partition coefficient (Wildman–Crippen LogP) is 1.60. The van der Waals surface area contributed by atoms with Crippen molar-refractivity contribution in [2.45, 2.75) is 13.5 Å². The zero-order valence-corrected chi connectivity index (χ0v) is 9.84. The molecule has 5 heteroatoms. The second-order valence-electron chi connectivity index (χ2n) is 3.80. The Morgan fingerprint density at radius 1 is 1.41 bits per heavy atom. The van der Waals surface area contributed by atoms with Gasteiger partial charge < -0.3 is 15.6 Å². The van der Waals surface area contributed by atoms with Crippen molar-refractivity contribution in [3.05, 3.63) is 35.5 Å². The molecule has 1 heterocycles. The lowest BCUT2D eigenvalue weighted by Gasteiger charge is -2.09. The van der Waals surface area contributed by atoms with Gasteiger partial charge in [0.05, 0.1) is 12.3 Å². The van der Waals surface area contributed by atoms with Crippen LogP contribution in [0.1, 0.15) is 11.3 Å². The van der Waals surface area contributed by atoms with E-state index in [1.165, 1.54) is 0 Å². The molecule has 0 bridgehead atoms. The number of nitrogen functional groups attached to an aromatic ring is 1. The maximum absolute atomic E-state index is 9.21. The molecule has 0 amide bonds. The van der Waals surface area contributed by atoms with Crippen molar-refractivity contribution in [2.24, 2.45) is 7.05 Å². The third-order valence-corrected chi connectivity index (χ3v) is 2.56. The minimum atomic E-state index is -0.0765. The van der Waals surface area contributed by atoms with Crippen LogP contribution in [0.2, 0.25) is 0 Å². The van der Waals surface area contributed by atoms with Crippen LogP contribution in [0.25, 0.3) is 0 Å². The molecule has 0 aliphatic rings. The van der Waals surface area contributed by atoms with E-state index in [0.717, 1.165) is 5.69 Å². The van der Waals surface area contributed by atoms with Gasteiger partial charge in [-0.1, -0.05) is 18.2 Å². The molecule has 0 aliphatic heterocycles. The molecule has 5 nitrogen and oxygen atoms in total. The molecule has 1 aromatic heterocycles. The Morgan fingerprint density at radius 3 is 2.71 bits per heavy atom. The van der Waals surface area contributed by atoms with Crippen molar-refractivity contribution < 1.29 is 9.84 Å². The van der Waals surface area contributed by atoms with Crippen molar-refractivity contribution in [1.82, 2.24) is 9.78 Å². The van der Waals surface area contributed by atoms with E-state index in [9.17, 15) is 5.11 Å². The van der Waals surface area contributed by atoms with E-state index in [1.807, 2.05) is 19.1 Å². The van der Waals surface area contributed by atoms with E-state index in [0.29, 0.717) is 22.9 Å². The first kappa shape index (κ1) is 11.5. The first-order chi connectivity index (χ1) is 8.13. The third-order valence-electron chi connectivity index (χ3n) is 2.56. The van der Waals surface area contributed by atoms with E-state index in [4.69, 9.17) is 10.5 Å². The Morgan fingerprint density at radius 2 is 2.12 bits per heavy atom. The van der Waals surface area contributed by atoms with Crippen molar-refractivity contribution in [3.63, 3.8) is 0 Å². The van der Waals surface area contributed by atoms with Gasteiger partial charge in [0.1, 0.15) is 11.4 Å². The van der Waals surface area contributed by atoms with Crippen LogP contribution in [0.5, 0.6) is 11.6 Å². The minimum absolute atomic E-state index is 0.0765. The number of anilines is 1. The van der Waals surface area contributed by atoms with Crippen LogP contribution in [0.3, 0.4) is 0 Å². The molecule has 0 spiro atoms. The number of nitrogens with zero attached hydrogens (tertiary/aromatic N) is 2. The fourth-order valence-electron chi connectivity index (χ4n) is 1.61. The van der Waals surface area contributed by atoms with Gasteiger partial charge in [0.2, 0.25) is 5.88 Å². The molecule has 0 saturated carbocycles. The smallest absolute Gasteiger partial charge is 0.241 e. The normalized spacial score (nSPS) is 10.5. The van der Waals surface area contributed by atoms with Gasteiger partial charge in [0.15, 0.2) is 0 Å². The molecule has 1 aromatic carbocycles. The SMILES string of the molecule is Cc1nn(C)c(Oc2ccccc2CO)c1N. The van der Waals surface area contributed by atoms with E-state index in [-0.39, 0.29) is 6.61 Å². The number of ether oxygens (including phenoxy) is 1. The molecular weight excluding hydrogens is 218 g/mol. The average molecular weight is 233 g/mol. The summed E-state index contributed by atoms with van der Waals surface area (Å²) in [5, 5.41) is 13.4. The van der Waals surface area contributed by atoms with E-state index in [2.05, 4.69) is 5.10 Å². The lowest BCUT2D eigenvalue weighted by molar-refractivity contribution is 0.275. The van der Waals surface area contributed by atoms with Crippen LogP contribution >= 0.6 is 0 Å². The third kappa shape index (κ3) is 2.09. The summed E-state index contributed by atoms with van der Waals surface area (Å²) < 4.78 is 7.28. The Labute approximate surface area is 99.4 Å². The first-order valence-electron chi connectivity index (χ1n) is 5.29. The molecule has 0 radical (unpaired) electrons. The summed E-state index contributed by atoms with van der Waals surface area (Å²) in [4.78, 5) is 0. The summed E-state index contributed by atoms with van der Waals surface area (Å²) in [5.41, 5.74) is 7.83. The van der Waals surface area contributed by atoms with Crippen LogP contribution in [-0.4, -0.2) is 14.9 Å². The van der Waals surface area contributed by atoms with Crippen molar-refractivity contribution >= 4 is 5.69 Å². The summed E-state index contributed by atoms with van der Waals surface area (Å²) >= 11 is 0. The van der Waals surface area contributed by atoms with Crippen LogP contribution in [0, 0.1) is 6.92 Å². The van der Waals surface area contributed by atoms with Crippen LogP contribution in [-0.2, 0) is 13.7 Å². The van der Waals surface area contributed by atoms with Gasteiger partial charge in [-0.05, 0) is 13.0 Å². The Bertz CT molecular complexity index is 535. The number of hydrogen-bond donors (Lipinski definition) is 2. The molecule has 2 aromatic rings. The Balaban J connectivity index is 2.38. The quantitative estimate of drug-likeness (QED) is 0.844. The fourth-order valence-corrected chi connectivity index (χ4v) is 1.61. The highest BCUT2D eigenvalue weighted by Crippen LogP contribution is 2.30. The van der Waals surface area contributed by atoms with Crippen molar-refractivity contribution in [3.8, 4) is 11.6 Å². The van der Waals surface area contributed by atoms with Crippen LogP contribution in [0.4, 0.5) is 5.69 Å². The van der Waals surface area contributed by atoms with E-state index >= 15 is 0 Å². The summed E-state index contributed by atoms with van der Waals surface area (Å²) in [7, 11) is 1.76. The molecule has 0 unspecified atom stereocenters. The molecule has 0 fully saturated rings. The number of para-hydroxylation sites is 1.